The molecule has 0 aromatic heterocycles. The molecule has 0 spiro atoms. The van der Waals surface area contributed by atoms with E-state index in [2.05, 4.69) is 27.8 Å². The summed E-state index contributed by atoms with van der Waals surface area (Å²) in [5.41, 5.74) is 1.78. The second kappa shape index (κ2) is 11.3. The lowest BCUT2D eigenvalue weighted by molar-refractivity contribution is 0.0601. The van der Waals surface area contributed by atoms with Crippen LogP contribution in [0.4, 0.5) is 5.69 Å². The standard InChI is InChI=1S/C26H24BrNO6S/c1-18-15-20(27)17-24(26(29)33-4)25(18)28(2)35(30,31)23-12-10-21(11-13-23)34-14-6-8-19-7-5-9-22(16-19)32-3/h5,7,9-13,15-17H,14H2,1-4H3. The van der Waals surface area contributed by atoms with E-state index < -0.39 is 16.0 Å². The second-order valence-electron chi connectivity index (χ2n) is 7.38. The van der Waals surface area contributed by atoms with Gasteiger partial charge in [-0.05, 0) is 67.1 Å². The predicted octanol–water partition coefficient (Wildman–Crippen LogP) is 4.81. The highest BCUT2D eigenvalue weighted by Crippen LogP contribution is 2.33. The third kappa shape index (κ3) is 6.15. The molecule has 0 N–H and O–H groups in total. The Morgan fingerprint density at radius 1 is 1.03 bits per heavy atom. The molecule has 0 radical (unpaired) electrons. The van der Waals surface area contributed by atoms with E-state index in [0.29, 0.717) is 15.8 Å². The molecule has 0 bridgehead atoms. The number of carbonyl (C=O) groups excluding carboxylic acids is 1. The van der Waals surface area contributed by atoms with Gasteiger partial charge in [0.2, 0.25) is 0 Å². The van der Waals surface area contributed by atoms with E-state index in [4.69, 9.17) is 14.2 Å². The van der Waals surface area contributed by atoms with Gasteiger partial charge in [0.15, 0.2) is 0 Å². The number of nitrogens with zero attached hydrogens (tertiary/aromatic N) is 1. The van der Waals surface area contributed by atoms with Crippen molar-refractivity contribution in [3.8, 4) is 23.3 Å². The van der Waals surface area contributed by atoms with Gasteiger partial charge < -0.3 is 14.2 Å². The van der Waals surface area contributed by atoms with E-state index in [1.165, 1.54) is 32.4 Å². The summed E-state index contributed by atoms with van der Waals surface area (Å²) in [6, 6.07) is 16.7. The Balaban J connectivity index is 1.77. The molecular weight excluding hydrogens is 534 g/mol. The first-order chi connectivity index (χ1) is 16.7. The molecule has 0 aliphatic heterocycles. The average Bonchev–Trinajstić information content (AvgIpc) is 2.85. The molecule has 0 heterocycles. The molecule has 0 saturated carbocycles. The van der Waals surface area contributed by atoms with E-state index >= 15 is 0 Å². The van der Waals surface area contributed by atoms with Gasteiger partial charge in [0.05, 0.1) is 30.4 Å². The Morgan fingerprint density at radius 2 is 1.74 bits per heavy atom. The number of anilines is 1. The molecule has 0 unspecified atom stereocenters. The fraction of sp³-hybridized carbons (Fsp3) is 0.192. The zero-order valence-electron chi connectivity index (χ0n) is 19.7. The van der Waals surface area contributed by atoms with Crippen LogP contribution in [0.3, 0.4) is 0 Å². The summed E-state index contributed by atoms with van der Waals surface area (Å²) in [4.78, 5) is 12.3. The predicted molar refractivity (Wildman–Crippen MR) is 138 cm³/mol. The highest BCUT2D eigenvalue weighted by atomic mass is 79.9. The SMILES string of the molecule is COC(=O)c1cc(Br)cc(C)c1N(C)S(=O)(=O)c1ccc(OCC#Cc2cccc(OC)c2)cc1. The number of benzene rings is 3. The zero-order valence-corrected chi connectivity index (χ0v) is 22.1. The van der Waals surface area contributed by atoms with Gasteiger partial charge in [-0.2, -0.15) is 0 Å². The van der Waals surface area contributed by atoms with E-state index in [9.17, 15) is 13.2 Å². The summed E-state index contributed by atoms with van der Waals surface area (Å²) in [6.07, 6.45) is 0. The Morgan fingerprint density at radius 3 is 2.40 bits per heavy atom. The van der Waals surface area contributed by atoms with Gasteiger partial charge in [0.1, 0.15) is 18.1 Å². The van der Waals surface area contributed by atoms with Gasteiger partial charge in [-0.25, -0.2) is 13.2 Å². The summed E-state index contributed by atoms with van der Waals surface area (Å²) in [7, 11) is 0.277. The lowest BCUT2D eigenvalue weighted by atomic mass is 10.1. The minimum Gasteiger partial charge on any atom is -0.497 e. The van der Waals surface area contributed by atoms with Crippen molar-refractivity contribution in [2.24, 2.45) is 0 Å². The van der Waals surface area contributed by atoms with Gasteiger partial charge in [-0.3, -0.25) is 4.31 Å². The van der Waals surface area contributed by atoms with Gasteiger partial charge >= 0.3 is 5.97 Å². The van der Waals surface area contributed by atoms with Crippen molar-refractivity contribution >= 4 is 37.6 Å². The number of methoxy groups -OCH3 is 2. The van der Waals surface area contributed by atoms with Crippen LogP contribution in [-0.4, -0.2) is 42.3 Å². The molecule has 7 nitrogen and oxygen atoms in total. The first-order valence-corrected chi connectivity index (χ1v) is 12.6. The molecule has 35 heavy (non-hydrogen) atoms. The van der Waals surface area contributed by atoms with Crippen LogP contribution in [0, 0.1) is 18.8 Å². The van der Waals surface area contributed by atoms with Crippen LogP contribution in [0.1, 0.15) is 21.5 Å². The topological polar surface area (TPSA) is 82.1 Å². The van der Waals surface area contributed by atoms with Crippen LogP contribution in [0.15, 0.2) is 70.0 Å². The lowest BCUT2D eigenvalue weighted by Crippen LogP contribution is -2.29. The van der Waals surface area contributed by atoms with Crippen molar-refractivity contribution in [2.75, 3.05) is 32.2 Å². The quantitative estimate of drug-likeness (QED) is 0.306. The third-order valence-electron chi connectivity index (χ3n) is 5.08. The molecule has 3 aromatic carbocycles. The van der Waals surface area contributed by atoms with Gasteiger partial charge in [-0.15, -0.1) is 0 Å². The fourth-order valence-electron chi connectivity index (χ4n) is 3.36. The van der Waals surface area contributed by atoms with Crippen molar-refractivity contribution < 1.29 is 27.4 Å². The summed E-state index contributed by atoms with van der Waals surface area (Å²) >= 11 is 3.34. The zero-order chi connectivity index (χ0) is 25.6. The Hall–Kier alpha value is -3.48. The summed E-state index contributed by atoms with van der Waals surface area (Å²) in [6.45, 7) is 1.85. The maximum absolute atomic E-state index is 13.3. The molecule has 0 saturated heterocycles. The summed E-state index contributed by atoms with van der Waals surface area (Å²) in [5, 5.41) is 0. The van der Waals surface area contributed by atoms with Crippen molar-refractivity contribution in [1.29, 1.82) is 0 Å². The van der Waals surface area contributed by atoms with Crippen LogP contribution in [0.5, 0.6) is 11.5 Å². The van der Waals surface area contributed by atoms with E-state index in [-0.39, 0.29) is 22.8 Å². The molecule has 182 valence electrons. The monoisotopic (exact) mass is 557 g/mol. The molecule has 0 fully saturated rings. The minimum absolute atomic E-state index is 0.0490. The molecule has 9 heteroatoms. The lowest BCUT2D eigenvalue weighted by Gasteiger charge is -2.24. The van der Waals surface area contributed by atoms with Crippen LogP contribution >= 0.6 is 15.9 Å². The van der Waals surface area contributed by atoms with E-state index in [1.54, 1.807) is 32.2 Å². The van der Waals surface area contributed by atoms with E-state index in [0.717, 1.165) is 15.6 Å². The van der Waals surface area contributed by atoms with Gasteiger partial charge in [0.25, 0.3) is 10.0 Å². The number of hydrogen-bond donors (Lipinski definition) is 0. The molecule has 3 aromatic rings. The molecule has 0 aliphatic rings. The minimum atomic E-state index is -3.96. The molecule has 0 aliphatic carbocycles. The highest BCUT2D eigenvalue weighted by Gasteiger charge is 2.27. The van der Waals surface area contributed by atoms with Gasteiger partial charge in [0, 0.05) is 17.1 Å². The molecule has 0 amide bonds. The number of rotatable bonds is 7. The fourth-order valence-corrected chi connectivity index (χ4v) is 5.21. The second-order valence-corrected chi connectivity index (χ2v) is 10.3. The average molecular weight is 558 g/mol. The number of esters is 1. The maximum atomic E-state index is 13.3. The summed E-state index contributed by atoms with van der Waals surface area (Å²) in [5.74, 6) is 6.46. The summed E-state index contributed by atoms with van der Waals surface area (Å²) < 4.78 is 44.0. The number of sulfonamides is 1. The third-order valence-corrected chi connectivity index (χ3v) is 7.31. The number of aryl methyl sites for hydroxylation is 1. The van der Waals surface area contributed by atoms with Gasteiger partial charge in [-0.1, -0.05) is 33.8 Å². The van der Waals surface area contributed by atoms with Crippen LogP contribution in [-0.2, 0) is 14.8 Å². The Kier molecular flexibility index (Phi) is 8.43. The number of carbonyl (C=O) groups is 1. The first-order valence-electron chi connectivity index (χ1n) is 10.4. The van der Waals surface area contributed by atoms with Crippen molar-refractivity contribution in [1.82, 2.24) is 0 Å². The van der Waals surface area contributed by atoms with Crippen molar-refractivity contribution in [3.05, 3.63) is 81.8 Å². The maximum Gasteiger partial charge on any atom is 0.340 e. The van der Waals surface area contributed by atoms with Crippen LogP contribution < -0.4 is 13.8 Å². The number of hydrogen-bond acceptors (Lipinski definition) is 6. The van der Waals surface area contributed by atoms with Crippen LogP contribution in [0.2, 0.25) is 0 Å². The number of ether oxygens (including phenoxy) is 3. The molecule has 0 atom stereocenters. The largest absolute Gasteiger partial charge is 0.497 e. The Bertz CT molecular complexity index is 1390. The number of halogens is 1. The molecule has 3 rings (SSSR count). The Labute approximate surface area is 213 Å². The van der Waals surface area contributed by atoms with Crippen molar-refractivity contribution in [3.63, 3.8) is 0 Å². The van der Waals surface area contributed by atoms with Crippen LogP contribution in [0.25, 0.3) is 0 Å². The highest BCUT2D eigenvalue weighted by molar-refractivity contribution is 9.10. The van der Waals surface area contributed by atoms with E-state index in [1.807, 2.05) is 24.3 Å². The smallest absolute Gasteiger partial charge is 0.340 e. The first kappa shape index (κ1) is 26.1. The normalized spacial score (nSPS) is 10.7. The molecular formula is C26H24BrNO6S. The van der Waals surface area contributed by atoms with Crippen molar-refractivity contribution in [2.45, 2.75) is 11.8 Å².